The van der Waals surface area contributed by atoms with Crippen molar-refractivity contribution in [3.63, 3.8) is 0 Å². The van der Waals surface area contributed by atoms with Gasteiger partial charge >= 0.3 is 0 Å². The summed E-state index contributed by atoms with van der Waals surface area (Å²) in [5.41, 5.74) is 7.61. The minimum Gasteiger partial charge on any atom is -0.361 e. The first-order chi connectivity index (χ1) is 24.1. The summed E-state index contributed by atoms with van der Waals surface area (Å²) in [6, 6.07) is 13.8. The van der Waals surface area contributed by atoms with Gasteiger partial charge in [0.1, 0.15) is 13.1 Å². The Bertz CT molecular complexity index is 2530. The highest BCUT2D eigenvalue weighted by atomic mass is 15.2. The second-order valence-corrected chi connectivity index (χ2v) is 12.8. The molecule has 0 fully saturated rings. The summed E-state index contributed by atoms with van der Waals surface area (Å²) in [5, 5.41) is 2.64. The molecule has 3 heteroatoms. The highest BCUT2D eigenvalue weighted by Crippen LogP contribution is 2.46. The number of nitrogens with zero attached hydrogens (tertiary/aromatic N) is 3. The Labute approximate surface area is 265 Å². The Balaban J connectivity index is 1.37. The predicted molar refractivity (Wildman–Crippen MR) is 183 cm³/mol. The summed E-state index contributed by atoms with van der Waals surface area (Å²) in [7, 11) is 4.17. The number of anilines is 1. The van der Waals surface area contributed by atoms with Gasteiger partial charge in [0, 0.05) is 40.7 Å². The maximum Gasteiger partial charge on any atom is 0.212 e. The summed E-state index contributed by atoms with van der Waals surface area (Å²) in [4.78, 5) is 2.27. The van der Waals surface area contributed by atoms with Crippen LogP contribution >= 0.6 is 0 Å². The molecule has 8 rings (SSSR count). The van der Waals surface area contributed by atoms with Crippen molar-refractivity contribution in [2.45, 2.75) is 45.1 Å². The average molecular weight is 569 g/mol. The molecule has 2 atom stereocenters. The van der Waals surface area contributed by atoms with E-state index in [1.165, 1.54) is 33.2 Å². The summed E-state index contributed by atoms with van der Waals surface area (Å²) in [5.74, 6) is 0.0296. The van der Waals surface area contributed by atoms with Crippen LogP contribution in [0, 0.1) is 6.92 Å². The normalized spacial score (nSPS) is 20.8. The van der Waals surface area contributed by atoms with E-state index < -0.39 is 24.2 Å². The SMILES string of the molecule is [2H]c1c([2H])c([2H])c2c(c1[2H])c1c([2H])c([2H])c([2H])c([2H])c1n2-c1ccc2c(c1)N(C)C1C(c3cc(C(C)(C)C)c4ccccc4c3C)=[N+](C)C=CC21. The lowest BCUT2D eigenvalue weighted by Crippen LogP contribution is -2.44. The highest BCUT2D eigenvalue weighted by Gasteiger charge is 2.45. The zero-order chi connectivity index (χ0) is 36.6. The number of benzene rings is 5. The van der Waals surface area contributed by atoms with Crippen molar-refractivity contribution in [1.29, 1.82) is 0 Å². The third-order valence-corrected chi connectivity index (χ3v) is 9.38. The Morgan fingerprint density at radius 1 is 0.814 bits per heavy atom. The van der Waals surface area contributed by atoms with Crippen LogP contribution in [0.5, 0.6) is 0 Å². The van der Waals surface area contributed by atoms with Gasteiger partial charge in [0.25, 0.3) is 0 Å². The van der Waals surface area contributed by atoms with Crippen LogP contribution in [0.15, 0.2) is 109 Å². The molecule has 2 aliphatic rings. The van der Waals surface area contributed by atoms with Crippen molar-refractivity contribution >= 4 is 44.0 Å². The Morgan fingerprint density at radius 2 is 1.47 bits per heavy atom. The van der Waals surface area contributed by atoms with E-state index in [0.29, 0.717) is 5.69 Å². The van der Waals surface area contributed by atoms with Crippen molar-refractivity contribution in [1.82, 2.24) is 4.57 Å². The van der Waals surface area contributed by atoms with Crippen LogP contribution in [-0.4, -0.2) is 35.0 Å². The molecule has 212 valence electrons. The molecule has 6 aromatic rings. The molecule has 0 saturated heterocycles. The first-order valence-corrected chi connectivity index (χ1v) is 14.7. The van der Waals surface area contributed by atoms with Crippen LogP contribution in [0.1, 0.15) is 59.9 Å². The Hall–Kier alpha value is -4.63. The van der Waals surface area contributed by atoms with E-state index in [2.05, 4.69) is 93.9 Å². The molecule has 0 saturated carbocycles. The van der Waals surface area contributed by atoms with E-state index >= 15 is 0 Å². The number of hydrogen-bond donors (Lipinski definition) is 0. The largest absolute Gasteiger partial charge is 0.361 e. The van der Waals surface area contributed by atoms with E-state index in [4.69, 9.17) is 11.0 Å². The monoisotopic (exact) mass is 568 g/mol. The van der Waals surface area contributed by atoms with Gasteiger partial charge < -0.3 is 9.47 Å². The van der Waals surface area contributed by atoms with Gasteiger partial charge in [0.2, 0.25) is 5.71 Å². The second kappa shape index (κ2) is 9.18. The fourth-order valence-electron chi connectivity index (χ4n) is 7.33. The topological polar surface area (TPSA) is 11.2 Å². The molecule has 3 nitrogen and oxygen atoms in total. The first-order valence-electron chi connectivity index (χ1n) is 18.7. The number of fused-ring (bicyclic) bond motifs is 7. The summed E-state index contributed by atoms with van der Waals surface area (Å²) < 4.78 is 73.1. The molecule has 2 unspecified atom stereocenters. The number of aromatic nitrogens is 1. The summed E-state index contributed by atoms with van der Waals surface area (Å²) in [6.45, 7) is 8.95. The van der Waals surface area contributed by atoms with Crippen molar-refractivity contribution in [2.24, 2.45) is 0 Å². The van der Waals surface area contributed by atoms with Crippen molar-refractivity contribution in [3.05, 3.63) is 131 Å². The van der Waals surface area contributed by atoms with Crippen LogP contribution in [-0.2, 0) is 5.41 Å². The van der Waals surface area contributed by atoms with Gasteiger partial charge in [0.05, 0.1) is 22.0 Å². The van der Waals surface area contributed by atoms with E-state index in [0.717, 1.165) is 11.3 Å². The molecular formula is C40H38N3+. The zero-order valence-electron chi connectivity index (χ0n) is 33.3. The predicted octanol–water partition coefficient (Wildman–Crippen LogP) is 9.10. The molecule has 5 aromatic carbocycles. The van der Waals surface area contributed by atoms with E-state index in [1.807, 2.05) is 18.2 Å². The molecule has 3 heterocycles. The van der Waals surface area contributed by atoms with Crippen LogP contribution < -0.4 is 4.90 Å². The molecule has 0 bridgehead atoms. The Kier molecular flexibility index (Phi) is 4.02. The van der Waals surface area contributed by atoms with E-state index in [1.54, 1.807) is 4.57 Å². The lowest BCUT2D eigenvalue weighted by atomic mass is 9.78. The third kappa shape index (κ3) is 3.70. The minimum atomic E-state index is -0.450. The first kappa shape index (κ1) is 18.8. The Morgan fingerprint density at radius 3 is 2.14 bits per heavy atom. The van der Waals surface area contributed by atoms with E-state index in [-0.39, 0.29) is 63.4 Å². The summed E-state index contributed by atoms with van der Waals surface area (Å²) >= 11 is 0. The minimum absolute atomic E-state index is 0.0296. The van der Waals surface area contributed by atoms with Crippen LogP contribution in [0.3, 0.4) is 0 Å². The number of para-hydroxylation sites is 2. The van der Waals surface area contributed by atoms with Crippen LogP contribution in [0.4, 0.5) is 5.69 Å². The second-order valence-electron chi connectivity index (χ2n) is 12.8. The number of aryl methyl sites for hydroxylation is 1. The molecule has 43 heavy (non-hydrogen) atoms. The van der Waals surface area contributed by atoms with Crippen molar-refractivity contribution in [2.75, 3.05) is 19.0 Å². The molecule has 0 amide bonds. The highest BCUT2D eigenvalue weighted by molar-refractivity contribution is 6.11. The van der Waals surface area contributed by atoms with Gasteiger partial charge in [0.15, 0.2) is 6.20 Å². The molecule has 1 aromatic heterocycles. The van der Waals surface area contributed by atoms with Crippen LogP contribution in [0.25, 0.3) is 38.3 Å². The molecular weight excluding hydrogens is 522 g/mol. The molecule has 0 N–H and O–H groups in total. The molecule has 2 aliphatic heterocycles. The standard InChI is InChI=1S/C40H38N3/c1-25-27-13-7-8-14-28(27)34(40(2,3)4)24-33(25)38-39-32(21-22-41(38)5)31-20-19-26(23-37(31)42(39)6)43-35-17-11-9-15-29(35)30-16-10-12-18-36(30)43/h7-24,32,39H,1-6H3/q+1/i9D,10D,11D,12D,15D,16D,17D,18D. The van der Waals surface area contributed by atoms with Gasteiger partial charge in [-0.2, -0.15) is 0 Å². The van der Waals surface area contributed by atoms with Crippen molar-refractivity contribution < 1.29 is 15.5 Å². The van der Waals surface area contributed by atoms with Gasteiger partial charge in [-0.3, -0.25) is 0 Å². The number of rotatable bonds is 2. The van der Waals surface area contributed by atoms with Gasteiger partial charge in [-0.25, -0.2) is 4.58 Å². The lowest BCUT2D eigenvalue weighted by molar-refractivity contribution is -0.425. The number of hydrogen-bond acceptors (Lipinski definition) is 1. The fraction of sp³-hybridized carbons (Fsp3) is 0.225. The van der Waals surface area contributed by atoms with Crippen molar-refractivity contribution in [3.8, 4) is 5.69 Å². The smallest absolute Gasteiger partial charge is 0.212 e. The van der Waals surface area contributed by atoms with Gasteiger partial charge in [-0.1, -0.05) is 87.4 Å². The van der Waals surface area contributed by atoms with E-state index in [9.17, 15) is 0 Å². The molecule has 0 radical (unpaired) electrons. The fourth-order valence-corrected chi connectivity index (χ4v) is 7.33. The average Bonchev–Trinajstić information content (AvgIpc) is 3.61. The maximum absolute atomic E-state index is 8.95. The summed E-state index contributed by atoms with van der Waals surface area (Å²) in [6.07, 6.45) is 4.36. The third-order valence-electron chi connectivity index (χ3n) is 9.38. The molecule has 0 spiro atoms. The van der Waals surface area contributed by atoms with Gasteiger partial charge in [-0.15, -0.1) is 0 Å². The van der Waals surface area contributed by atoms with Gasteiger partial charge in [-0.05, 0) is 76.2 Å². The quantitative estimate of drug-likeness (QED) is 0.190. The lowest BCUT2D eigenvalue weighted by Gasteiger charge is -2.30. The maximum atomic E-state index is 8.95. The molecule has 0 aliphatic carbocycles. The van der Waals surface area contributed by atoms with Crippen LogP contribution in [0.2, 0.25) is 0 Å². The number of likely N-dealkylation sites (N-methyl/N-ethyl adjacent to an activating group) is 1. The zero-order valence-corrected chi connectivity index (χ0v) is 25.3.